The number of carbonyl (C=O) groups excluding carboxylic acids is 2. The Bertz CT molecular complexity index is 756. The van der Waals surface area contributed by atoms with Crippen LogP contribution < -0.4 is 5.32 Å². The summed E-state index contributed by atoms with van der Waals surface area (Å²) in [5, 5.41) is 3.01. The van der Waals surface area contributed by atoms with Crippen molar-refractivity contribution in [2.24, 2.45) is 5.41 Å². The summed E-state index contributed by atoms with van der Waals surface area (Å²) >= 11 is 0. The van der Waals surface area contributed by atoms with E-state index < -0.39 is 9.84 Å². The van der Waals surface area contributed by atoms with E-state index in [0.717, 1.165) is 12.8 Å². The van der Waals surface area contributed by atoms with Gasteiger partial charge in [-0.15, -0.1) is 0 Å². The summed E-state index contributed by atoms with van der Waals surface area (Å²) in [6.07, 6.45) is 2.66. The minimum Gasteiger partial charge on any atom is -0.349 e. The van der Waals surface area contributed by atoms with Gasteiger partial charge in [0.15, 0.2) is 9.84 Å². The van der Waals surface area contributed by atoms with Crippen LogP contribution in [0.1, 0.15) is 49.5 Å². The van der Waals surface area contributed by atoms with Crippen LogP contribution >= 0.6 is 0 Å². The van der Waals surface area contributed by atoms with E-state index in [1.54, 1.807) is 24.3 Å². The first-order valence-corrected chi connectivity index (χ1v) is 10.9. The summed E-state index contributed by atoms with van der Waals surface area (Å²) in [5.74, 6) is -0.0601. The first kappa shape index (κ1) is 20.4. The number of piperidine rings is 1. The standard InChI is InChI=1S/C19H28N2O4S/c1-19(2,3)18(23)21-11-9-16(10-12-21)20-17(22)15-7-5-14(6-8-15)13-26(4,24)25/h5-8,16H,9-13H2,1-4H3,(H,20,22). The molecule has 1 aliphatic rings. The lowest BCUT2D eigenvalue weighted by Gasteiger charge is -2.36. The topological polar surface area (TPSA) is 83.6 Å². The lowest BCUT2D eigenvalue weighted by atomic mass is 9.93. The predicted molar refractivity (Wildman–Crippen MR) is 102 cm³/mol. The van der Waals surface area contributed by atoms with Gasteiger partial charge in [-0.2, -0.15) is 0 Å². The number of rotatable bonds is 4. The molecule has 1 N–H and O–H groups in total. The molecular formula is C19H28N2O4S. The predicted octanol–water partition coefficient (Wildman–Crippen LogP) is 2.00. The van der Waals surface area contributed by atoms with Gasteiger partial charge in [0.05, 0.1) is 5.75 Å². The fourth-order valence-corrected chi connectivity index (χ4v) is 3.82. The Kier molecular flexibility index (Phi) is 6.11. The van der Waals surface area contributed by atoms with Crippen molar-refractivity contribution in [3.63, 3.8) is 0 Å². The first-order valence-electron chi connectivity index (χ1n) is 8.82. The first-order chi connectivity index (χ1) is 12.0. The smallest absolute Gasteiger partial charge is 0.251 e. The SMILES string of the molecule is CC(C)(C)C(=O)N1CCC(NC(=O)c2ccc(CS(C)(=O)=O)cc2)CC1. The number of benzene rings is 1. The molecule has 1 fully saturated rings. The van der Waals surface area contributed by atoms with Gasteiger partial charge in [0.2, 0.25) is 5.91 Å². The molecule has 1 saturated heterocycles. The van der Waals surface area contributed by atoms with Crippen molar-refractivity contribution in [2.45, 2.75) is 45.4 Å². The van der Waals surface area contributed by atoms with Crippen LogP contribution in [-0.4, -0.2) is 50.5 Å². The van der Waals surface area contributed by atoms with Crippen molar-refractivity contribution < 1.29 is 18.0 Å². The lowest BCUT2D eigenvalue weighted by Crippen LogP contribution is -2.49. The highest BCUT2D eigenvalue weighted by molar-refractivity contribution is 7.89. The lowest BCUT2D eigenvalue weighted by molar-refractivity contribution is -0.140. The molecule has 0 aromatic heterocycles. The molecule has 2 rings (SSSR count). The Balaban J connectivity index is 1.88. The molecule has 0 spiro atoms. The molecule has 1 aromatic rings. The van der Waals surface area contributed by atoms with Gasteiger partial charge < -0.3 is 10.2 Å². The molecule has 0 aliphatic carbocycles. The molecule has 1 aliphatic heterocycles. The normalized spacial score (nSPS) is 16.4. The Morgan fingerprint density at radius 2 is 1.65 bits per heavy atom. The zero-order valence-electron chi connectivity index (χ0n) is 15.9. The third-order valence-electron chi connectivity index (χ3n) is 4.40. The van der Waals surface area contributed by atoms with Crippen molar-refractivity contribution >= 4 is 21.7 Å². The summed E-state index contributed by atoms with van der Waals surface area (Å²) in [5.41, 5.74) is 0.789. The van der Waals surface area contributed by atoms with Crippen molar-refractivity contribution in [1.82, 2.24) is 10.2 Å². The maximum atomic E-state index is 12.4. The maximum Gasteiger partial charge on any atom is 0.251 e. The van der Waals surface area contributed by atoms with Gasteiger partial charge >= 0.3 is 0 Å². The van der Waals surface area contributed by atoms with Crippen LogP contribution in [-0.2, 0) is 20.4 Å². The molecule has 6 nitrogen and oxygen atoms in total. The zero-order valence-corrected chi connectivity index (χ0v) is 16.7. The molecule has 26 heavy (non-hydrogen) atoms. The van der Waals surface area contributed by atoms with E-state index in [2.05, 4.69) is 5.32 Å². The minimum absolute atomic E-state index is 0.0326. The number of hydrogen-bond acceptors (Lipinski definition) is 4. The van der Waals surface area contributed by atoms with Crippen LogP contribution in [0.15, 0.2) is 24.3 Å². The van der Waals surface area contributed by atoms with Crippen LogP contribution in [0.2, 0.25) is 0 Å². The summed E-state index contributed by atoms with van der Waals surface area (Å²) < 4.78 is 22.6. The van der Waals surface area contributed by atoms with Gasteiger partial charge in [-0.05, 0) is 30.5 Å². The van der Waals surface area contributed by atoms with Crippen molar-refractivity contribution in [3.05, 3.63) is 35.4 Å². The highest BCUT2D eigenvalue weighted by atomic mass is 32.2. The van der Waals surface area contributed by atoms with E-state index in [-0.39, 0.29) is 29.0 Å². The number of sulfone groups is 1. The molecule has 0 unspecified atom stereocenters. The van der Waals surface area contributed by atoms with E-state index in [9.17, 15) is 18.0 Å². The zero-order chi connectivity index (χ0) is 19.5. The van der Waals surface area contributed by atoms with Crippen molar-refractivity contribution in [3.8, 4) is 0 Å². The molecule has 1 heterocycles. The molecule has 0 saturated carbocycles. The number of hydrogen-bond donors (Lipinski definition) is 1. The Morgan fingerprint density at radius 1 is 1.12 bits per heavy atom. The van der Waals surface area contributed by atoms with E-state index in [1.165, 1.54) is 6.26 Å². The van der Waals surface area contributed by atoms with Crippen molar-refractivity contribution in [1.29, 1.82) is 0 Å². The molecular weight excluding hydrogens is 352 g/mol. The number of carbonyl (C=O) groups is 2. The Morgan fingerprint density at radius 3 is 2.12 bits per heavy atom. The van der Waals surface area contributed by atoms with Crippen molar-refractivity contribution in [2.75, 3.05) is 19.3 Å². The number of likely N-dealkylation sites (tertiary alicyclic amines) is 1. The van der Waals surface area contributed by atoms with E-state index in [0.29, 0.717) is 24.2 Å². The molecule has 0 bridgehead atoms. The van der Waals surface area contributed by atoms with Crippen LogP contribution in [0.4, 0.5) is 0 Å². The van der Waals surface area contributed by atoms with E-state index >= 15 is 0 Å². The second-order valence-electron chi connectivity index (χ2n) is 8.06. The fourth-order valence-electron chi connectivity index (χ4n) is 3.03. The molecule has 0 atom stereocenters. The molecule has 7 heteroatoms. The van der Waals surface area contributed by atoms with E-state index in [4.69, 9.17) is 0 Å². The van der Waals surface area contributed by atoms with Gasteiger partial charge in [0, 0.05) is 36.4 Å². The van der Waals surface area contributed by atoms with Crippen LogP contribution in [0.25, 0.3) is 0 Å². The Hall–Kier alpha value is -1.89. The second kappa shape index (κ2) is 7.78. The average molecular weight is 381 g/mol. The molecule has 0 radical (unpaired) electrons. The van der Waals surface area contributed by atoms with Gasteiger partial charge in [0.1, 0.15) is 0 Å². The van der Waals surface area contributed by atoms with Crippen LogP contribution in [0.5, 0.6) is 0 Å². The maximum absolute atomic E-state index is 12.4. The van der Waals surface area contributed by atoms with Crippen LogP contribution in [0.3, 0.4) is 0 Å². The third kappa shape index (κ3) is 5.83. The summed E-state index contributed by atoms with van der Waals surface area (Å²) in [4.78, 5) is 26.5. The monoisotopic (exact) mass is 380 g/mol. The quantitative estimate of drug-likeness (QED) is 0.866. The molecule has 144 valence electrons. The van der Waals surface area contributed by atoms with Crippen LogP contribution in [0, 0.1) is 5.41 Å². The molecule has 1 aromatic carbocycles. The fraction of sp³-hybridized carbons (Fsp3) is 0.579. The highest BCUT2D eigenvalue weighted by Gasteiger charge is 2.30. The summed E-state index contributed by atoms with van der Waals surface area (Å²) in [6, 6.07) is 6.67. The molecule has 2 amide bonds. The Labute approximate surface area is 155 Å². The van der Waals surface area contributed by atoms with Gasteiger partial charge in [-0.3, -0.25) is 9.59 Å². The number of amides is 2. The average Bonchev–Trinajstić information content (AvgIpc) is 2.53. The van der Waals surface area contributed by atoms with Gasteiger partial charge in [-0.1, -0.05) is 32.9 Å². The second-order valence-corrected chi connectivity index (χ2v) is 10.2. The number of nitrogens with one attached hydrogen (secondary N) is 1. The minimum atomic E-state index is -3.09. The summed E-state index contributed by atoms with van der Waals surface area (Å²) in [6.45, 7) is 7.03. The van der Waals surface area contributed by atoms with E-state index in [1.807, 2.05) is 25.7 Å². The third-order valence-corrected chi connectivity index (χ3v) is 5.26. The summed E-state index contributed by atoms with van der Waals surface area (Å²) in [7, 11) is -3.09. The largest absolute Gasteiger partial charge is 0.349 e. The highest BCUT2D eigenvalue weighted by Crippen LogP contribution is 2.21. The number of nitrogens with zero attached hydrogens (tertiary/aromatic N) is 1. The van der Waals surface area contributed by atoms with Gasteiger partial charge in [-0.25, -0.2) is 8.42 Å². The van der Waals surface area contributed by atoms with Gasteiger partial charge in [0.25, 0.3) is 5.91 Å².